The Bertz CT molecular complexity index is 935. The van der Waals surface area contributed by atoms with E-state index in [1.165, 1.54) is 21.9 Å². The molecule has 0 fully saturated rings. The molecule has 0 saturated carbocycles. The third-order valence-corrected chi connectivity index (χ3v) is 4.24. The molecule has 0 aliphatic rings. The van der Waals surface area contributed by atoms with Gasteiger partial charge in [-0.05, 0) is 32.9 Å². The molecule has 1 aromatic carbocycles. The molecule has 0 saturated heterocycles. The van der Waals surface area contributed by atoms with E-state index in [2.05, 4.69) is 15.4 Å². The molecule has 0 radical (unpaired) electrons. The topological polar surface area (TPSA) is 77.8 Å². The number of aromatic nitrogens is 3. The molecule has 132 valence electrons. The van der Waals surface area contributed by atoms with E-state index in [1.807, 2.05) is 39.0 Å². The fraction of sp³-hybridized carbons (Fsp3) is 0.353. The van der Waals surface area contributed by atoms with Crippen LogP contribution in [0.2, 0.25) is 0 Å². The average molecular weight is 360 g/mol. The standard InChI is InChI=1S/C17H20N4O3S/c1-4-23-13-6-7-15(24-5-2)14(9-13)18-10-12-8-16(22)21-17(19-12)25-11(3)20-21/h6-9,18H,4-5,10H2,1-3H3. The molecule has 0 aliphatic carbocycles. The summed E-state index contributed by atoms with van der Waals surface area (Å²) in [5, 5.41) is 8.23. The molecule has 0 spiro atoms. The number of nitrogens with zero attached hydrogens (tertiary/aromatic N) is 3. The summed E-state index contributed by atoms with van der Waals surface area (Å²) in [6.45, 7) is 7.28. The van der Waals surface area contributed by atoms with Gasteiger partial charge in [0.05, 0.1) is 31.1 Å². The monoisotopic (exact) mass is 360 g/mol. The van der Waals surface area contributed by atoms with Gasteiger partial charge >= 0.3 is 0 Å². The van der Waals surface area contributed by atoms with Crippen LogP contribution in [0.3, 0.4) is 0 Å². The van der Waals surface area contributed by atoms with Crippen molar-refractivity contribution in [1.82, 2.24) is 14.6 Å². The highest BCUT2D eigenvalue weighted by Gasteiger charge is 2.09. The lowest BCUT2D eigenvalue weighted by molar-refractivity contribution is 0.332. The quantitative estimate of drug-likeness (QED) is 0.698. The molecule has 2 aromatic heterocycles. The van der Waals surface area contributed by atoms with Crippen LogP contribution in [0.1, 0.15) is 24.5 Å². The second kappa shape index (κ2) is 7.52. The van der Waals surface area contributed by atoms with Crippen molar-refractivity contribution < 1.29 is 9.47 Å². The zero-order chi connectivity index (χ0) is 17.8. The normalized spacial score (nSPS) is 10.8. The van der Waals surface area contributed by atoms with Crippen LogP contribution in [-0.2, 0) is 6.54 Å². The Morgan fingerprint density at radius 2 is 2.00 bits per heavy atom. The minimum atomic E-state index is -0.181. The molecule has 0 aliphatic heterocycles. The second-order valence-corrected chi connectivity index (χ2v) is 6.44. The first-order valence-corrected chi connectivity index (χ1v) is 8.92. The van der Waals surface area contributed by atoms with Crippen LogP contribution >= 0.6 is 11.3 Å². The van der Waals surface area contributed by atoms with Crippen molar-refractivity contribution in [2.75, 3.05) is 18.5 Å². The fourth-order valence-corrected chi connectivity index (χ4v) is 3.18. The van der Waals surface area contributed by atoms with Gasteiger partial charge in [-0.2, -0.15) is 9.61 Å². The van der Waals surface area contributed by atoms with Crippen molar-refractivity contribution in [2.45, 2.75) is 27.3 Å². The van der Waals surface area contributed by atoms with Crippen LogP contribution < -0.4 is 20.3 Å². The number of hydrogen-bond donors (Lipinski definition) is 1. The first-order valence-electron chi connectivity index (χ1n) is 8.10. The summed E-state index contributed by atoms with van der Waals surface area (Å²) in [6, 6.07) is 7.12. The highest BCUT2D eigenvalue weighted by Crippen LogP contribution is 2.29. The minimum Gasteiger partial charge on any atom is -0.494 e. The van der Waals surface area contributed by atoms with Crippen molar-refractivity contribution in [2.24, 2.45) is 0 Å². The highest BCUT2D eigenvalue weighted by atomic mass is 32.1. The molecular formula is C17H20N4O3S. The van der Waals surface area contributed by atoms with Crippen molar-refractivity contribution in [1.29, 1.82) is 0 Å². The number of anilines is 1. The maximum Gasteiger partial charge on any atom is 0.275 e. The summed E-state index contributed by atoms with van der Waals surface area (Å²) in [6.07, 6.45) is 0. The zero-order valence-corrected chi connectivity index (χ0v) is 15.2. The molecule has 0 bridgehead atoms. The molecule has 8 heteroatoms. The molecule has 3 aromatic rings. The van der Waals surface area contributed by atoms with Gasteiger partial charge in [-0.3, -0.25) is 4.79 Å². The van der Waals surface area contributed by atoms with Crippen LogP contribution in [-0.4, -0.2) is 27.8 Å². The summed E-state index contributed by atoms with van der Waals surface area (Å²) in [4.78, 5) is 17.2. The van der Waals surface area contributed by atoms with E-state index in [9.17, 15) is 4.79 Å². The number of aryl methyl sites for hydroxylation is 1. The lowest BCUT2D eigenvalue weighted by Crippen LogP contribution is -2.16. The molecule has 25 heavy (non-hydrogen) atoms. The summed E-state index contributed by atoms with van der Waals surface area (Å²) in [7, 11) is 0. The average Bonchev–Trinajstić information content (AvgIpc) is 2.96. The van der Waals surface area contributed by atoms with E-state index in [4.69, 9.17) is 9.47 Å². The van der Waals surface area contributed by atoms with Crippen molar-refractivity contribution in [3.05, 3.63) is 45.3 Å². The third kappa shape index (κ3) is 3.90. The van der Waals surface area contributed by atoms with Crippen LogP contribution in [0, 0.1) is 6.92 Å². The fourth-order valence-electron chi connectivity index (χ4n) is 2.41. The Labute approximate surface area is 149 Å². The van der Waals surface area contributed by atoms with Gasteiger partial charge in [0.15, 0.2) is 0 Å². The molecule has 0 unspecified atom stereocenters. The third-order valence-electron chi connectivity index (χ3n) is 3.42. The van der Waals surface area contributed by atoms with Gasteiger partial charge in [-0.25, -0.2) is 4.98 Å². The Hall–Kier alpha value is -2.61. The van der Waals surface area contributed by atoms with Crippen LogP contribution in [0.25, 0.3) is 4.96 Å². The Morgan fingerprint density at radius 3 is 2.76 bits per heavy atom. The van der Waals surface area contributed by atoms with Gasteiger partial charge in [0.2, 0.25) is 4.96 Å². The van der Waals surface area contributed by atoms with E-state index in [1.54, 1.807) is 0 Å². The zero-order valence-electron chi connectivity index (χ0n) is 14.4. The van der Waals surface area contributed by atoms with Crippen LogP contribution in [0.5, 0.6) is 11.5 Å². The maximum atomic E-state index is 12.1. The van der Waals surface area contributed by atoms with Crippen LogP contribution in [0.15, 0.2) is 29.1 Å². The number of hydrogen-bond acceptors (Lipinski definition) is 7. The predicted molar refractivity (Wildman–Crippen MR) is 98.0 cm³/mol. The molecule has 7 nitrogen and oxygen atoms in total. The summed E-state index contributed by atoms with van der Waals surface area (Å²) in [5.41, 5.74) is 1.27. The number of nitrogens with one attached hydrogen (secondary N) is 1. The van der Waals surface area contributed by atoms with E-state index < -0.39 is 0 Å². The van der Waals surface area contributed by atoms with Crippen LogP contribution in [0.4, 0.5) is 5.69 Å². The second-order valence-electron chi connectivity index (χ2n) is 5.28. The molecular weight excluding hydrogens is 340 g/mol. The van der Waals surface area contributed by atoms with Gasteiger partial charge in [0.1, 0.15) is 16.5 Å². The SMILES string of the molecule is CCOc1ccc(OCC)c(NCc2cc(=O)n3nc(C)sc3n2)c1. The lowest BCUT2D eigenvalue weighted by atomic mass is 10.2. The number of fused-ring (bicyclic) bond motifs is 1. The predicted octanol–water partition coefficient (Wildman–Crippen LogP) is 2.87. The minimum absolute atomic E-state index is 0.181. The van der Waals surface area contributed by atoms with E-state index >= 15 is 0 Å². The summed E-state index contributed by atoms with van der Waals surface area (Å²) in [5.74, 6) is 1.49. The number of ether oxygens (including phenoxy) is 2. The van der Waals surface area contributed by atoms with Gasteiger partial charge < -0.3 is 14.8 Å². The first-order chi connectivity index (χ1) is 12.1. The van der Waals surface area contributed by atoms with E-state index in [0.717, 1.165) is 22.2 Å². The Kier molecular flexibility index (Phi) is 5.18. The Balaban J connectivity index is 1.84. The molecule has 1 N–H and O–H groups in total. The number of benzene rings is 1. The largest absolute Gasteiger partial charge is 0.494 e. The molecule has 0 atom stereocenters. The smallest absolute Gasteiger partial charge is 0.275 e. The van der Waals surface area contributed by atoms with E-state index in [0.29, 0.717) is 30.4 Å². The van der Waals surface area contributed by atoms with Gasteiger partial charge in [0, 0.05) is 12.1 Å². The van der Waals surface area contributed by atoms with Gasteiger partial charge in [0.25, 0.3) is 5.56 Å². The Morgan fingerprint density at radius 1 is 1.20 bits per heavy atom. The number of rotatable bonds is 7. The summed E-state index contributed by atoms with van der Waals surface area (Å²) < 4.78 is 12.5. The highest BCUT2D eigenvalue weighted by molar-refractivity contribution is 7.16. The summed E-state index contributed by atoms with van der Waals surface area (Å²) >= 11 is 1.39. The van der Waals surface area contributed by atoms with Gasteiger partial charge in [-0.15, -0.1) is 0 Å². The van der Waals surface area contributed by atoms with Crippen molar-refractivity contribution in [3.8, 4) is 11.5 Å². The van der Waals surface area contributed by atoms with Crippen molar-refractivity contribution in [3.63, 3.8) is 0 Å². The van der Waals surface area contributed by atoms with E-state index in [-0.39, 0.29) is 5.56 Å². The van der Waals surface area contributed by atoms with Gasteiger partial charge in [-0.1, -0.05) is 11.3 Å². The maximum absolute atomic E-state index is 12.1. The first kappa shape index (κ1) is 17.2. The van der Waals surface area contributed by atoms with Crippen molar-refractivity contribution >= 4 is 22.0 Å². The molecule has 3 rings (SSSR count). The lowest BCUT2D eigenvalue weighted by Gasteiger charge is -2.14. The molecule has 2 heterocycles. The molecule has 0 amide bonds.